The van der Waals surface area contributed by atoms with Crippen molar-refractivity contribution in [1.29, 1.82) is 0 Å². The second-order valence-corrected chi connectivity index (χ2v) is 10.1. The number of hydrogen-bond donors (Lipinski definition) is 2. The van der Waals surface area contributed by atoms with Crippen LogP contribution in [0.1, 0.15) is 43.7 Å². The van der Waals surface area contributed by atoms with Crippen molar-refractivity contribution in [2.75, 3.05) is 25.5 Å². The first-order chi connectivity index (χ1) is 17.5. The van der Waals surface area contributed by atoms with E-state index in [1.807, 2.05) is 26.0 Å². The molecule has 1 aliphatic heterocycles. The smallest absolute Gasteiger partial charge is 0.226 e. The highest BCUT2D eigenvalue weighted by atomic mass is 16.5. The van der Waals surface area contributed by atoms with Crippen molar-refractivity contribution < 1.29 is 9.53 Å². The van der Waals surface area contributed by atoms with Gasteiger partial charge in [-0.2, -0.15) is 0 Å². The number of likely N-dealkylation sites (tertiary alicyclic amines) is 1. The Morgan fingerprint density at radius 3 is 2.53 bits per heavy atom. The molecule has 0 radical (unpaired) electrons. The third-order valence-corrected chi connectivity index (χ3v) is 7.30. The second-order valence-electron chi connectivity index (χ2n) is 10.1. The molecule has 5 heteroatoms. The van der Waals surface area contributed by atoms with Gasteiger partial charge in [0.25, 0.3) is 0 Å². The lowest BCUT2D eigenvalue weighted by molar-refractivity contribution is -0.118. The van der Waals surface area contributed by atoms with Crippen LogP contribution in [-0.4, -0.2) is 36.0 Å². The number of nitrogens with one attached hydrogen (secondary N) is 2. The minimum atomic E-state index is -0.0258. The third-order valence-electron chi connectivity index (χ3n) is 7.30. The molecule has 0 spiro atoms. The maximum Gasteiger partial charge on any atom is 0.226 e. The van der Waals surface area contributed by atoms with Gasteiger partial charge in [-0.3, -0.25) is 9.69 Å². The average molecular weight is 482 g/mol. The fraction of sp³-hybridized carbons (Fsp3) is 0.323. The standard InChI is InChI=1S/C31H35N3O2/c1-21(2)31(35)32-25-11-7-10-24(18-25)22-14-16-34(17-15-22)20-28-27-19-26(36-3)12-13-29(27)33-30(28)23-8-5-4-6-9-23/h4-13,18-19,21-22,33H,14-17,20H2,1-3H3,(H,32,35). The highest BCUT2D eigenvalue weighted by Gasteiger charge is 2.23. The summed E-state index contributed by atoms with van der Waals surface area (Å²) >= 11 is 0. The Morgan fingerprint density at radius 2 is 1.81 bits per heavy atom. The van der Waals surface area contributed by atoms with E-state index < -0.39 is 0 Å². The van der Waals surface area contributed by atoms with E-state index in [0.29, 0.717) is 5.92 Å². The van der Waals surface area contributed by atoms with E-state index in [4.69, 9.17) is 4.74 Å². The molecule has 36 heavy (non-hydrogen) atoms. The van der Waals surface area contributed by atoms with Gasteiger partial charge in [0.15, 0.2) is 0 Å². The van der Waals surface area contributed by atoms with Crippen LogP contribution in [0.3, 0.4) is 0 Å². The van der Waals surface area contributed by atoms with Crippen molar-refractivity contribution in [2.45, 2.75) is 39.2 Å². The number of H-pyrrole nitrogens is 1. The number of rotatable bonds is 7. The number of ether oxygens (including phenoxy) is 1. The number of aromatic amines is 1. The molecule has 1 aromatic heterocycles. The number of fused-ring (bicyclic) bond motifs is 1. The number of methoxy groups -OCH3 is 1. The fourth-order valence-electron chi connectivity index (χ4n) is 5.17. The van der Waals surface area contributed by atoms with Gasteiger partial charge in [0.05, 0.1) is 12.8 Å². The molecular weight excluding hydrogens is 446 g/mol. The van der Waals surface area contributed by atoms with E-state index in [9.17, 15) is 4.79 Å². The fourth-order valence-corrected chi connectivity index (χ4v) is 5.17. The number of piperidine rings is 1. The monoisotopic (exact) mass is 481 g/mol. The van der Waals surface area contributed by atoms with Crippen molar-refractivity contribution in [1.82, 2.24) is 9.88 Å². The Morgan fingerprint density at radius 1 is 1.03 bits per heavy atom. The van der Waals surface area contributed by atoms with Crippen LogP contribution in [0.15, 0.2) is 72.8 Å². The van der Waals surface area contributed by atoms with Gasteiger partial charge in [-0.15, -0.1) is 0 Å². The number of nitrogens with zero attached hydrogens (tertiary/aromatic N) is 1. The van der Waals surface area contributed by atoms with Crippen LogP contribution >= 0.6 is 0 Å². The maximum absolute atomic E-state index is 12.1. The molecule has 0 bridgehead atoms. The highest BCUT2D eigenvalue weighted by molar-refractivity contribution is 5.92. The van der Waals surface area contributed by atoms with Crippen LogP contribution in [0.5, 0.6) is 5.75 Å². The summed E-state index contributed by atoms with van der Waals surface area (Å²) in [4.78, 5) is 18.4. The zero-order valence-corrected chi connectivity index (χ0v) is 21.4. The van der Waals surface area contributed by atoms with Gasteiger partial charge < -0.3 is 15.0 Å². The lowest BCUT2D eigenvalue weighted by atomic mass is 9.89. The number of anilines is 1. The zero-order valence-electron chi connectivity index (χ0n) is 21.4. The van der Waals surface area contributed by atoms with E-state index in [2.05, 4.69) is 75.9 Å². The molecule has 0 atom stereocenters. The second kappa shape index (κ2) is 10.6. The van der Waals surface area contributed by atoms with Crippen molar-refractivity contribution in [3.63, 3.8) is 0 Å². The molecule has 1 aliphatic rings. The van der Waals surface area contributed by atoms with Crippen LogP contribution in [0.25, 0.3) is 22.2 Å². The molecule has 2 heterocycles. The number of carbonyl (C=O) groups is 1. The molecule has 4 aromatic rings. The molecule has 1 amide bonds. The van der Waals surface area contributed by atoms with Gasteiger partial charge in [-0.05, 0) is 78.9 Å². The van der Waals surface area contributed by atoms with Crippen molar-refractivity contribution >= 4 is 22.5 Å². The maximum atomic E-state index is 12.1. The molecule has 5 nitrogen and oxygen atoms in total. The van der Waals surface area contributed by atoms with Gasteiger partial charge in [-0.1, -0.05) is 56.3 Å². The number of benzene rings is 3. The van der Waals surface area contributed by atoms with Crippen molar-refractivity contribution in [3.8, 4) is 17.0 Å². The minimum absolute atomic E-state index is 0.0258. The molecule has 3 aromatic carbocycles. The minimum Gasteiger partial charge on any atom is -0.497 e. The molecule has 186 valence electrons. The topological polar surface area (TPSA) is 57.4 Å². The Hall–Kier alpha value is -3.57. The lowest BCUT2D eigenvalue weighted by Crippen LogP contribution is -2.32. The number of aromatic nitrogens is 1. The zero-order chi connectivity index (χ0) is 25.1. The first kappa shape index (κ1) is 24.1. The first-order valence-electron chi connectivity index (χ1n) is 12.9. The Labute approximate surface area is 213 Å². The van der Waals surface area contributed by atoms with Gasteiger partial charge in [0.2, 0.25) is 5.91 Å². The quantitative estimate of drug-likeness (QED) is 0.305. The van der Waals surface area contributed by atoms with Crippen LogP contribution in [0.2, 0.25) is 0 Å². The predicted molar refractivity (Wildman–Crippen MR) is 147 cm³/mol. The summed E-state index contributed by atoms with van der Waals surface area (Å²) in [6, 6.07) is 25.2. The van der Waals surface area contributed by atoms with E-state index >= 15 is 0 Å². The van der Waals surface area contributed by atoms with Crippen LogP contribution in [-0.2, 0) is 11.3 Å². The van der Waals surface area contributed by atoms with E-state index in [-0.39, 0.29) is 11.8 Å². The van der Waals surface area contributed by atoms with Crippen molar-refractivity contribution in [2.24, 2.45) is 5.92 Å². The van der Waals surface area contributed by atoms with E-state index in [1.165, 1.54) is 27.8 Å². The number of amides is 1. The highest BCUT2D eigenvalue weighted by Crippen LogP contribution is 2.35. The summed E-state index contributed by atoms with van der Waals surface area (Å²) in [5.41, 5.74) is 7.08. The Balaban J connectivity index is 1.33. The molecule has 1 fully saturated rings. The first-order valence-corrected chi connectivity index (χ1v) is 12.9. The summed E-state index contributed by atoms with van der Waals surface area (Å²) in [7, 11) is 1.72. The van der Waals surface area contributed by atoms with Crippen molar-refractivity contribution in [3.05, 3.63) is 83.9 Å². The van der Waals surface area contributed by atoms with E-state index in [0.717, 1.165) is 49.4 Å². The molecule has 1 saturated heterocycles. The van der Waals surface area contributed by atoms with Crippen LogP contribution in [0.4, 0.5) is 5.69 Å². The summed E-state index contributed by atoms with van der Waals surface area (Å²) < 4.78 is 5.54. The third kappa shape index (κ3) is 5.17. The molecule has 0 saturated carbocycles. The van der Waals surface area contributed by atoms with Gasteiger partial charge >= 0.3 is 0 Å². The summed E-state index contributed by atoms with van der Waals surface area (Å²) in [5, 5.41) is 4.27. The molecular formula is C31H35N3O2. The largest absolute Gasteiger partial charge is 0.497 e. The summed E-state index contributed by atoms with van der Waals surface area (Å²) in [5.74, 6) is 1.42. The van der Waals surface area contributed by atoms with Gasteiger partial charge in [-0.25, -0.2) is 0 Å². The molecule has 0 aliphatic carbocycles. The van der Waals surface area contributed by atoms with Crippen LogP contribution < -0.4 is 10.1 Å². The number of carbonyl (C=O) groups excluding carboxylic acids is 1. The summed E-state index contributed by atoms with van der Waals surface area (Å²) in [6.45, 7) is 6.81. The van der Waals surface area contributed by atoms with Gasteiger partial charge in [0.1, 0.15) is 5.75 Å². The normalized spacial score (nSPS) is 14.9. The average Bonchev–Trinajstić information content (AvgIpc) is 3.27. The molecule has 5 rings (SSSR count). The predicted octanol–water partition coefficient (Wildman–Crippen LogP) is 6.82. The van der Waals surface area contributed by atoms with Gasteiger partial charge in [0, 0.05) is 29.1 Å². The Kier molecular flexibility index (Phi) is 7.10. The number of hydrogen-bond acceptors (Lipinski definition) is 3. The lowest BCUT2D eigenvalue weighted by Gasteiger charge is -2.32. The van der Waals surface area contributed by atoms with E-state index in [1.54, 1.807) is 7.11 Å². The molecule has 0 unspecified atom stereocenters. The Bertz CT molecular complexity index is 1330. The summed E-state index contributed by atoms with van der Waals surface area (Å²) in [6.07, 6.45) is 2.21. The molecule has 2 N–H and O–H groups in total. The SMILES string of the molecule is COc1ccc2[nH]c(-c3ccccc3)c(CN3CCC(c4cccc(NC(=O)C(C)C)c4)CC3)c2c1. The van der Waals surface area contributed by atoms with Crippen LogP contribution in [0, 0.1) is 5.92 Å².